The largest absolute Gasteiger partial charge is 0.338 e. The molecule has 0 aliphatic carbocycles. The molecule has 3 aromatic rings. The second-order valence-electron chi connectivity index (χ2n) is 10.4. The number of carbonyl (C=O) groups is 1. The predicted octanol–water partition coefficient (Wildman–Crippen LogP) is 4.19. The Morgan fingerprint density at radius 3 is 2.35 bits per heavy atom. The maximum absolute atomic E-state index is 13.9. The first kappa shape index (κ1) is 23.0. The molecule has 0 N–H and O–H groups in total. The highest BCUT2D eigenvalue weighted by molar-refractivity contribution is 7.91. The Hall–Kier alpha value is -2.74. The van der Waals surface area contributed by atoms with Gasteiger partial charge in [-0.3, -0.25) is 4.79 Å². The van der Waals surface area contributed by atoms with E-state index in [0.717, 1.165) is 36.0 Å². The van der Waals surface area contributed by atoms with Crippen LogP contribution in [-0.4, -0.2) is 58.6 Å². The first-order valence-corrected chi connectivity index (χ1v) is 13.9. The molecule has 0 radical (unpaired) electrons. The summed E-state index contributed by atoms with van der Waals surface area (Å²) in [6.07, 6.45) is 1.64. The van der Waals surface area contributed by atoms with Gasteiger partial charge in [0.25, 0.3) is 5.91 Å². The number of carbonyl (C=O) groups excluding carboxylic acids is 1. The molecular formula is C26H32N4O3S. The van der Waals surface area contributed by atoms with Crippen LogP contribution in [0.1, 0.15) is 54.3 Å². The molecular weight excluding hydrogens is 448 g/mol. The summed E-state index contributed by atoms with van der Waals surface area (Å²) in [5, 5.41) is 5.46. The third-order valence-electron chi connectivity index (χ3n) is 7.12. The second-order valence-corrected chi connectivity index (χ2v) is 12.6. The standard InChI is InChI=1S/C26H32N4O3S/c1-16-5-7-20(8-6-16)23-12-22(26(31)29-13-17(2)11-18(3)14-29)24-19(4)28-30(25(24)27-23)21-9-10-34(32,33)15-21/h5-8,12,17-18,21H,9-11,13-15H2,1-4H3. The smallest absolute Gasteiger partial charge is 0.254 e. The van der Waals surface area contributed by atoms with Gasteiger partial charge in [0.1, 0.15) is 0 Å². The zero-order valence-electron chi connectivity index (χ0n) is 20.3. The highest BCUT2D eigenvalue weighted by Crippen LogP contribution is 2.33. The average molecular weight is 481 g/mol. The van der Waals surface area contributed by atoms with E-state index in [0.29, 0.717) is 40.9 Å². The van der Waals surface area contributed by atoms with E-state index in [1.807, 2.05) is 49.1 Å². The van der Waals surface area contributed by atoms with E-state index < -0.39 is 9.84 Å². The molecule has 0 saturated carbocycles. The minimum Gasteiger partial charge on any atom is -0.338 e. The number of pyridine rings is 1. The van der Waals surface area contributed by atoms with Gasteiger partial charge in [-0.25, -0.2) is 18.1 Å². The Kier molecular flexibility index (Phi) is 5.74. The molecule has 0 spiro atoms. The van der Waals surface area contributed by atoms with Crippen LogP contribution >= 0.6 is 0 Å². The molecule has 8 heteroatoms. The van der Waals surface area contributed by atoms with Gasteiger partial charge >= 0.3 is 0 Å². The summed E-state index contributed by atoms with van der Waals surface area (Å²) in [7, 11) is -3.09. The molecule has 7 nitrogen and oxygen atoms in total. The fourth-order valence-electron chi connectivity index (χ4n) is 5.58. The van der Waals surface area contributed by atoms with Gasteiger partial charge in [-0.05, 0) is 44.6 Å². The van der Waals surface area contributed by atoms with Crippen molar-refractivity contribution in [2.24, 2.45) is 11.8 Å². The van der Waals surface area contributed by atoms with Crippen LogP contribution in [0.25, 0.3) is 22.3 Å². The Bertz CT molecular complexity index is 1350. The molecule has 34 heavy (non-hydrogen) atoms. The maximum atomic E-state index is 13.9. The van der Waals surface area contributed by atoms with Crippen molar-refractivity contribution >= 4 is 26.8 Å². The lowest BCUT2D eigenvalue weighted by Gasteiger charge is -2.35. The topological polar surface area (TPSA) is 85.2 Å². The fraction of sp³-hybridized carbons (Fsp3) is 0.500. The molecule has 2 fully saturated rings. The minimum absolute atomic E-state index is 0.000792. The quantitative estimate of drug-likeness (QED) is 0.561. The number of benzene rings is 1. The Labute approximate surface area is 201 Å². The summed E-state index contributed by atoms with van der Waals surface area (Å²) in [6.45, 7) is 9.78. The number of fused-ring (bicyclic) bond motifs is 1. The molecule has 3 unspecified atom stereocenters. The Balaban J connectivity index is 1.68. The Morgan fingerprint density at radius 2 is 1.74 bits per heavy atom. The molecule has 2 aliphatic rings. The lowest BCUT2D eigenvalue weighted by Crippen LogP contribution is -2.42. The number of likely N-dealkylation sites (tertiary alicyclic amines) is 1. The van der Waals surface area contributed by atoms with Crippen LogP contribution in [0, 0.1) is 25.7 Å². The summed E-state index contributed by atoms with van der Waals surface area (Å²) in [5.74, 6) is 1.12. The molecule has 180 valence electrons. The van der Waals surface area contributed by atoms with Crippen LogP contribution in [0.4, 0.5) is 0 Å². The van der Waals surface area contributed by atoms with Crippen molar-refractivity contribution in [3.8, 4) is 11.3 Å². The number of hydrogen-bond acceptors (Lipinski definition) is 5. The zero-order valence-corrected chi connectivity index (χ0v) is 21.1. The van der Waals surface area contributed by atoms with Crippen LogP contribution in [0.2, 0.25) is 0 Å². The molecule has 0 bridgehead atoms. The number of hydrogen-bond donors (Lipinski definition) is 0. The van der Waals surface area contributed by atoms with Crippen LogP contribution in [0.3, 0.4) is 0 Å². The lowest BCUT2D eigenvalue weighted by atomic mass is 9.91. The van der Waals surface area contributed by atoms with Gasteiger partial charge in [0.15, 0.2) is 15.5 Å². The zero-order chi connectivity index (χ0) is 24.2. The van der Waals surface area contributed by atoms with Crippen LogP contribution in [0.15, 0.2) is 30.3 Å². The summed E-state index contributed by atoms with van der Waals surface area (Å²) in [6, 6.07) is 9.71. The monoisotopic (exact) mass is 480 g/mol. The normalized spacial score (nSPS) is 24.6. The number of aryl methyl sites for hydroxylation is 2. The third kappa shape index (κ3) is 4.24. The highest BCUT2D eigenvalue weighted by Gasteiger charge is 2.34. The number of nitrogens with zero attached hydrogens (tertiary/aromatic N) is 4. The van der Waals surface area contributed by atoms with E-state index in [2.05, 4.69) is 13.8 Å². The van der Waals surface area contributed by atoms with E-state index in [1.54, 1.807) is 4.68 Å². The van der Waals surface area contributed by atoms with Gasteiger partial charge < -0.3 is 4.90 Å². The van der Waals surface area contributed by atoms with Crippen LogP contribution < -0.4 is 0 Å². The van der Waals surface area contributed by atoms with Crippen molar-refractivity contribution < 1.29 is 13.2 Å². The minimum atomic E-state index is -3.09. The SMILES string of the molecule is Cc1ccc(-c2cc(C(=O)N3CC(C)CC(C)C3)c3c(C)nn(C4CCS(=O)(=O)C4)c3n2)cc1. The molecule has 2 aromatic heterocycles. The van der Waals surface area contributed by atoms with Crippen molar-refractivity contribution in [3.63, 3.8) is 0 Å². The number of sulfone groups is 1. The van der Waals surface area contributed by atoms with E-state index in [4.69, 9.17) is 10.1 Å². The lowest BCUT2D eigenvalue weighted by molar-refractivity contribution is 0.0625. The van der Waals surface area contributed by atoms with Crippen molar-refractivity contribution in [2.45, 2.75) is 46.6 Å². The summed E-state index contributed by atoms with van der Waals surface area (Å²) in [4.78, 5) is 20.8. The van der Waals surface area contributed by atoms with E-state index in [1.165, 1.54) is 0 Å². The van der Waals surface area contributed by atoms with Gasteiger partial charge in [-0.15, -0.1) is 0 Å². The summed E-state index contributed by atoms with van der Waals surface area (Å²) < 4.78 is 26.2. The van der Waals surface area contributed by atoms with Crippen LogP contribution in [0.5, 0.6) is 0 Å². The van der Waals surface area contributed by atoms with E-state index in [-0.39, 0.29) is 23.5 Å². The van der Waals surface area contributed by atoms with Crippen LogP contribution in [-0.2, 0) is 9.84 Å². The molecule has 4 heterocycles. The Morgan fingerprint density at radius 1 is 1.06 bits per heavy atom. The molecule has 2 saturated heterocycles. The summed E-state index contributed by atoms with van der Waals surface area (Å²) >= 11 is 0. The maximum Gasteiger partial charge on any atom is 0.254 e. The average Bonchev–Trinajstić information content (AvgIpc) is 3.31. The van der Waals surface area contributed by atoms with Crippen molar-refractivity contribution in [3.05, 3.63) is 47.2 Å². The summed E-state index contributed by atoms with van der Waals surface area (Å²) in [5.41, 5.74) is 4.69. The fourth-order valence-corrected chi connectivity index (χ4v) is 7.27. The van der Waals surface area contributed by atoms with Crippen molar-refractivity contribution in [1.82, 2.24) is 19.7 Å². The number of aromatic nitrogens is 3. The molecule has 5 rings (SSSR count). The van der Waals surface area contributed by atoms with Gasteiger partial charge in [0.05, 0.1) is 39.9 Å². The van der Waals surface area contributed by atoms with Crippen molar-refractivity contribution in [1.29, 1.82) is 0 Å². The third-order valence-corrected chi connectivity index (χ3v) is 8.88. The number of rotatable bonds is 3. The van der Waals surface area contributed by atoms with E-state index >= 15 is 0 Å². The first-order chi connectivity index (χ1) is 16.1. The molecule has 1 aromatic carbocycles. The first-order valence-electron chi connectivity index (χ1n) is 12.1. The second kappa shape index (κ2) is 8.48. The molecule has 1 amide bonds. The number of amides is 1. The van der Waals surface area contributed by atoms with Crippen molar-refractivity contribution in [2.75, 3.05) is 24.6 Å². The van der Waals surface area contributed by atoms with E-state index in [9.17, 15) is 13.2 Å². The van der Waals surface area contributed by atoms with Gasteiger partial charge in [0, 0.05) is 18.7 Å². The van der Waals surface area contributed by atoms with Gasteiger partial charge in [-0.2, -0.15) is 5.10 Å². The molecule has 2 aliphatic heterocycles. The highest BCUT2D eigenvalue weighted by atomic mass is 32.2. The molecule has 3 atom stereocenters. The number of piperidine rings is 1. The predicted molar refractivity (Wildman–Crippen MR) is 134 cm³/mol. The van der Waals surface area contributed by atoms with Gasteiger partial charge in [0.2, 0.25) is 0 Å². The van der Waals surface area contributed by atoms with Gasteiger partial charge in [-0.1, -0.05) is 43.7 Å².